The van der Waals surface area contributed by atoms with Gasteiger partial charge in [-0.1, -0.05) is 48.0 Å². The van der Waals surface area contributed by atoms with Crippen molar-refractivity contribution in [3.8, 4) is 28.2 Å². The van der Waals surface area contributed by atoms with Crippen LogP contribution in [0.1, 0.15) is 15.9 Å². The molecule has 4 nitrogen and oxygen atoms in total. The largest absolute Gasteiger partial charge is 0.418 e. The van der Waals surface area contributed by atoms with Crippen LogP contribution in [-0.4, -0.2) is 37.7 Å². The lowest BCUT2D eigenvalue weighted by Gasteiger charge is -2.19. The van der Waals surface area contributed by atoms with Gasteiger partial charge in [0, 0.05) is 10.6 Å². The third-order valence-corrected chi connectivity index (χ3v) is 6.08. The molecule has 0 radical (unpaired) electrons. The first kappa shape index (κ1) is 25.5. The number of hydrogen-bond donors (Lipinski definition) is 2. The Morgan fingerprint density at radius 1 is 0.861 bits per heavy atom. The van der Waals surface area contributed by atoms with Gasteiger partial charge in [0.1, 0.15) is 0 Å². The van der Waals surface area contributed by atoms with Crippen LogP contribution >= 0.6 is 11.6 Å². The van der Waals surface area contributed by atoms with E-state index in [0.717, 1.165) is 18.2 Å². The molecule has 0 fully saturated rings. The molecule has 0 saturated carbocycles. The molecule has 0 unspecified atom stereocenters. The van der Waals surface area contributed by atoms with Crippen molar-refractivity contribution in [2.45, 2.75) is 6.18 Å². The van der Waals surface area contributed by atoms with Gasteiger partial charge in [0.15, 0.2) is 0 Å². The van der Waals surface area contributed by atoms with Crippen molar-refractivity contribution in [2.24, 2.45) is 0 Å². The number of nitrogens with one attached hydrogen (secondary N) is 2. The number of para-hydroxylation sites is 1. The fourth-order valence-electron chi connectivity index (χ4n) is 4.00. The maximum atomic E-state index is 14.0. The number of nitrogens with zero attached hydrogens (tertiary/aromatic N) is 1. The smallest absolute Gasteiger partial charge is 0.346 e. The second-order valence-electron chi connectivity index (χ2n) is 8.75. The van der Waals surface area contributed by atoms with Gasteiger partial charge in [-0.25, -0.2) is 0 Å². The summed E-state index contributed by atoms with van der Waals surface area (Å²) < 4.78 is 43.5. The zero-order chi connectivity index (χ0) is 25.9. The summed E-state index contributed by atoms with van der Waals surface area (Å²) in [7, 11) is 4.01. The maximum Gasteiger partial charge on any atom is 0.418 e. The molecule has 0 atom stereocenters. The second kappa shape index (κ2) is 10.6. The van der Waals surface area contributed by atoms with Crippen molar-refractivity contribution >= 4 is 17.5 Å². The molecule has 36 heavy (non-hydrogen) atoms. The van der Waals surface area contributed by atoms with E-state index in [9.17, 15) is 18.0 Å². The highest BCUT2D eigenvalue weighted by molar-refractivity contribution is 6.30. The van der Waals surface area contributed by atoms with E-state index in [-0.39, 0.29) is 11.6 Å². The number of alkyl halides is 3. The van der Waals surface area contributed by atoms with Crippen LogP contribution in [0.2, 0.25) is 5.02 Å². The van der Waals surface area contributed by atoms with Gasteiger partial charge in [-0.15, -0.1) is 0 Å². The summed E-state index contributed by atoms with van der Waals surface area (Å²) in [6.07, 6.45) is -4.54. The van der Waals surface area contributed by atoms with Crippen LogP contribution in [0.3, 0.4) is 0 Å². The number of benzene rings is 3. The number of quaternary nitrogens is 1. The lowest BCUT2D eigenvalue weighted by Crippen LogP contribution is -3.06. The van der Waals surface area contributed by atoms with Gasteiger partial charge in [0.05, 0.1) is 49.8 Å². The number of hydrogen-bond acceptors (Lipinski definition) is 1. The SMILES string of the molecule is C[NH+](C)CCNC(=O)c1ccc(-c2ccc(-c3ccc(Cl)cc3)n2-c2ccccc2C(F)(F)F)cc1. The lowest BCUT2D eigenvalue weighted by molar-refractivity contribution is -0.856. The van der Waals surface area contributed by atoms with Crippen LogP contribution in [0, 0.1) is 0 Å². The topological polar surface area (TPSA) is 38.5 Å². The third-order valence-electron chi connectivity index (χ3n) is 5.82. The molecule has 4 rings (SSSR count). The molecule has 0 spiro atoms. The van der Waals surface area contributed by atoms with Crippen LogP contribution in [0.25, 0.3) is 28.2 Å². The Hall–Kier alpha value is -3.55. The highest BCUT2D eigenvalue weighted by Crippen LogP contribution is 2.39. The van der Waals surface area contributed by atoms with Crippen molar-refractivity contribution in [1.82, 2.24) is 9.88 Å². The number of carbonyl (C=O) groups is 1. The lowest BCUT2D eigenvalue weighted by atomic mass is 10.1. The van der Waals surface area contributed by atoms with Gasteiger partial charge in [-0.05, 0) is 59.7 Å². The molecule has 0 aliphatic heterocycles. The minimum absolute atomic E-state index is 0.0166. The fourth-order valence-corrected chi connectivity index (χ4v) is 4.12. The Balaban J connectivity index is 1.79. The zero-order valence-electron chi connectivity index (χ0n) is 19.9. The van der Waals surface area contributed by atoms with Crippen LogP contribution in [0.4, 0.5) is 13.2 Å². The Bertz CT molecular complexity index is 1340. The van der Waals surface area contributed by atoms with E-state index in [1.165, 1.54) is 17.0 Å². The average Bonchev–Trinajstić information content (AvgIpc) is 3.29. The molecule has 0 aliphatic rings. The number of rotatable bonds is 7. The van der Waals surface area contributed by atoms with E-state index in [4.69, 9.17) is 11.6 Å². The predicted octanol–water partition coefficient (Wildman–Crippen LogP) is 5.36. The average molecular weight is 513 g/mol. The molecule has 186 valence electrons. The molecule has 1 heterocycles. The van der Waals surface area contributed by atoms with Crippen LogP contribution in [0.5, 0.6) is 0 Å². The Labute approximate surface area is 212 Å². The summed E-state index contributed by atoms with van der Waals surface area (Å²) in [6.45, 7) is 1.34. The van der Waals surface area contributed by atoms with Crippen molar-refractivity contribution in [3.63, 3.8) is 0 Å². The molecular formula is C28H26ClF3N3O+. The number of carbonyl (C=O) groups excluding carboxylic acids is 1. The van der Waals surface area contributed by atoms with Gasteiger partial charge < -0.3 is 14.8 Å². The summed E-state index contributed by atoms with van der Waals surface area (Å²) in [5.41, 5.74) is 2.33. The van der Waals surface area contributed by atoms with E-state index in [1.54, 1.807) is 71.3 Å². The molecule has 0 saturated heterocycles. The highest BCUT2D eigenvalue weighted by atomic mass is 35.5. The minimum Gasteiger partial charge on any atom is -0.346 e. The molecule has 3 aromatic carbocycles. The van der Waals surface area contributed by atoms with Gasteiger partial charge >= 0.3 is 6.18 Å². The third kappa shape index (κ3) is 5.64. The van der Waals surface area contributed by atoms with E-state index in [1.807, 2.05) is 14.1 Å². The van der Waals surface area contributed by atoms with Gasteiger partial charge in [0.25, 0.3) is 5.91 Å². The molecular weight excluding hydrogens is 487 g/mol. The molecule has 1 amide bonds. The highest BCUT2D eigenvalue weighted by Gasteiger charge is 2.34. The summed E-state index contributed by atoms with van der Waals surface area (Å²) in [5, 5.41) is 3.42. The number of likely N-dealkylation sites (N-methyl/N-ethyl adjacent to an activating group) is 1. The monoisotopic (exact) mass is 512 g/mol. The van der Waals surface area contributed by atoms with Crippen LogP contribution in [-0.2, 0) is 6.18 Å². The normalized spacial score (nSPS) is 11.6. The van der Waals surface area contributed by atoms with E-state index in [2.05, 4.69) is 5.32 Å². The Kier molecular flexibility index (Phi) is 7.52. The van der Waals surface area contributed by atoms with Crippen LogP contribution in [0.15, 0.2) is 84.9 Å². The number of aromatic nitrogens is 1. The summed E-state index contributed by atoms with van der Waals surface area (Å²) >= 11 is 6.04. The molecule has 8 heteroatoms. The first-order valence-electron chi connectivity index (χ1n) is 11.5. The van der Waals surface area contributed by atoms with E-state index >= 15 is 0 Å². The van der Waals surface area contributed by atoms with Crippen molar-refractivity contribution in [1.29, 1.82) is 0 Å². The van der Waals surface area contributed by atoms with Gasteiger partial charge in [-0.3, -0.25) is 4.79 Å². The molecule has 4 aromatic rings. The molecule has 0 bridgehead atoms. The zero-order valence-corrected chi connectivity index (χ0v) is 20.6. The fraction of sp³-hybridized carbons (Fsp3) is 0.179. The predicted molar refractivity (Wildman–Crippen MR) is 137 cm³/mol. The van der Waals surface area contributed by atoms with E-state index < -0.39 is 11.7 Å². The van der Waals surface area contributed by atoms with Crippen LogP contribution < -0.4 is 10.2 Å². The first-order valence-corrected chi connectivity index (χ1v) is 11.8. The second-order valence-corrected chi connectivity index (χ2v) is 9.19. The van der Waals surface area contributed by atoms with Gasteiger partial charge in [0.2, 0.25) is 0 Å². The van der Waals surface area contributed by atoms with Crippen molar-refractivity contribution in [2.75, 3.05) is 27.2 Å². The summed E-state index contributed by atoms with van der Waals surface area (Å²) in [6, 6.07) is 22.9. The summed E-state index contributed by atoms with van der Waals surface area (Å²) in [5.74, 6) is -0.192. The number of halogens is 4. The molecule has 0 aliphatic carbocycles. The standard InChI is InChI=1S/C28H25ClF3N3O/c1-34(2)18-17-33-27(36)21-9-7-19(8-10-21)24-15-16-25(20-11-13-22(29)14-12-20)35(24)26-6-4-3-5-23(26)28(30,31)32/h3-16H,17-18H2,1-2H3,(H,33,36)/p+1. The summed E-state index contributed by atoms with van der Waals surface area (Å²) in [4.78, 5) is 13.7. The van der Waals surface area contributed by atoms with Crippen molar-refractivity contribution < 1.29 is 22.9 Å². The quantitative estimate of drug-likeness (QED) is 0.344. The van der Waals surface area contributed by atoms with Gasteiger partial charge in [-0.2, -0.15) is 13.2 Å². The minimum atomic E-state index is -4.54. The molecule has 1 aromatic heterocycles. The molecule has 2 N–H and O–H groups in total. The Morgan fingerprint density at radius 2 is 1.42 bits per heavy atom. The van der Waals surface area contributed by atoms with E-state index in [0.29, 0.717) is 34.1 Å². The number of amides is 1. The first-order chi connectivity index (χ1) is 17.1. The Morgan fingerprint density at radius 3 is 1.97 bits per heavy atom. The maximum absolute atomic E-state index is 14.0. The van der Waals surface area contributed by atoms with Crippen molar-refractivity contribution in [3.05, 3.63) is 101 Å².